The summed E-state index contributed by atoms with van der Waals surface area (Å²) >= 11 is 0. The second kappa shape index (κ2) is 8.62. The number of benzene rings is 2. The highest BCUT2D eigenvalue weighted by Crippen LogP contribution is 2.15. The van der Waals surface area contributed by atoms with Gasteiger partial charge in [0.1, 0.15) is 5.75 Å². The monoisotopic (exact) mass is 352 g/mol. The average molecular weight is 352 g/mol. The minimum Gasteiger partial charge on any atom is -0.427 e. The third-order valence-corrected chi connectivity index (χ3v) is 3.38. The summed E-state index contributed by atoms with van der Waals surface area (Å²) in [5.74, 6) is -0.685. The van der Waals surface area contributed by atoms with Gasteiger partial charge in [0, 0.05) is 30.3 Å². The van der Waals surface area contributed by atoms with Gasteiger partial charge in [-0.1, -0.05) is 24.8 Å². The second-order valence-corrected chi connectivity index (χ2v) is 5.74. The Morgan fingerprint density at radius 1 is 1.04 bits per heavy atom. The Hall–Kier alpha value is -3.41. The van der Waals surface area contributed by atoms with E-state index in [0.717, 1.165) is 5.56 Å². The highest BCUT2D eigenvalue weighted by molar-refractivity contribution is 6.02. The van der Waals surface area contributed by atoms with E-state index in [0.29, 0.717) is 22.6 Å². The van der Waals surface area contributed by atoms with Crippen LogP contribution < -0.4 is 15.4 Å². The molecule has 0 fully saturated rings. The summed E-state index contributed by atoms with van der Waals surface area (Å²) in [5.41, 5.74) is 2.25. The molecule has 0 unspecified atom stereocenters. The molecule has 0 aliphatic carbocycles. The Morgan fingerprint density at radius 2 is 1.77 bits per heavy atom. The topological polar surface area (TPSA) is 84.5 Å². The molecule has 0 radical (unpaired) electrons. The number of amides is 2. The fourth-order valence-corrected chi connectivity index (χ4v) is 2.15. The van der Waals surface area contributed by atoms with E-state index >= 15 is 0 Å². The molecular formula is C20H20N2O4. The summed E-state index contributed by atoms with van der Waals surface area (Å²) in [7, 11) is 0. The summed E-state index contributed by atoms with van der Waals surface area (Å²) in [6, 6.07) is 13.5. The first-order valence-corrected chi connectivity index (χ1v) is 7.97. The maximum absolute atomic E-state index is 12.3. The lowest BCUT2D eigenvalue weighted by Crippen LogP contribution is -2.23. The maximum Gasteiger partial charge on any atom is 0.308 e. The van der Waals surface area contributed by atoms with E-state index in [1.807, 2.05) is 6.07 Å². The number of rotatable bonds is 6. The number of carbonyl (C=O) groups excluding carboxylic acids is 3. The minimum absolute atomic E-state index is 0.256. The first kappa shape index (κ1) is 18.9. The molecule has 0 atom stereocenters. The van der Waals surface area contributed by atoms with Gasteiger partial charge in [-0.3, -0.25) is 14.4 Å². The Balaban J connectivity index is 2.00. The van der Waals surface area contributed by atoms with Crippen LogP contribution in [0, 0.1) is 0 Å². The number of ether oxygens (including phenoxy) is 1. The lowest BCUT2D eigenvalue weighted by molar-refractivity contribution is -0.131. The van der Waals surface area contributed by atoms with Gasteiger partial charge < -0.3 is 15.4 Å². The summed E-state index contributed by atoms with van der Waals surface area (Å²) in [4.78, 5) is 34.9. The number of hydrogen-bond donors (Lipinski definition) is 2. The van der Waals surface area contributed by atoms with Gasteiger partial charge in [0.05, 0.1) is 0 Å². The van der Waals surface area contributed by atoms with E-state index in [9.17, 15) is 14.4 Å². The van der Waals surface area contributed by atoms with E-state index in [-0.39, 0.29) is 18.4 Å². The van der Waals surface area contributed by atoms with Gasteiger partial charge in [-0.05, 0) is 42.8 Å². The molecule has 0 saturated heterocycles. The summed E-state index contributed by atoms with van der Waals surface area (Å²) in [6.07, 6.45) is 0. The number of carbonyl (C=O) groups is 3. The van der Waals surface area contributed by atoms with Crippen LogP contribution in [0.15, 0.2) is 60.7 Å². The highest BCUT2D eigenvalue weighted by atomic mass is 16.5. The smallest absolute Gasteiger partial charge is 0.308 e. The van der Waals surface area contributed by atoms with Gasteiger partial charge in [-0.25, -0.2) is 0 Å². The third-order valence-electron chi connectivity index (χ3n) is 3.38. The molecule has 26 heavy (non-hydrogen) atoms. The molecule has 2 aromatic carbocycles. The summed E-state index contributed by atoms with van der Waals surface area (Å²) in [5, 5.41) is 5.52. The van der Waals surface area contributed by atoms with Gasteiger partial charge >= 0.3 is 5.97 Å². The first-order valence-electron chi connectivity index (χ1n) is 7.97. The Bertz CT molecular complexity index is 858. The zero-order valence-corrected chi connectivity index (χ0v) is 14.7. The van der Waals surface area contributed by atoms with Gasteiger partial charge in [0.2, 0.25) is 0 Å². The van der Waals surface area contributed by atoms with Crippen LogP contribution >= 0.6 is 0 Å². The molecule has 2 N–H and O–H groups in total. The predicted molar refractivity (Wildman–Crippen MR) is 98.8 cm³/mol. The fraction of sp³-hybridized carbons (Fsp3) is 0.150. The summed E-state index contributed by atoms with van der Waals surface area (Å²) in [6.45, 7) is 6.80. The number of nitrogens with one attached hydrogen (secondary N) is 2. The number of hydrogen-bond acceptors (Lipinski definition) is 4. The van der Waals surface area contributed by atoms with E-state index in [1.165, 1.54) is 13.0 Å². The van der Waals surface area contributed by atoms with Crippen LogP contribution in [-0.2, 0) is 16.1 Å². The Labute approximate surface area is 151 Å². The van der Waals surface area contributed by atoms with E-state index in [2.05, 4.69) is 17.2 Å². The zero-order chi connectivity index (χ0) is 19.1. The average Bonchev–Trinajstić information content (AvgIpc) is 2.59. The summed E-state index contributed by atoms with van der Waals surface area (Å²) < 4.78 is 4.97. The fourth-order valence-electron chi connectivity index (χ4n) is 2.15. The molecule has 0 saturated carbocycles. The van der Waals surface area contributed by atoms with Gasteiger partial charge in [-0.2, -0.15) is 0 Å². The molecule has 6 heteroatoms. The predicted octanol–water partition coefficient (Wildman–Crippen LogP) is 3.06. The largest absolute Gasteiger partial charge is 0.427 e. The molecule has 2 amide bonds. The molecule has 6 nitrogen and oxygen atoms in total. The zero-order valence-electron chi connectivity index (χ0n) is 14.7. The number of esters is 1. The Kier molecular flexibility index (Phi) is 6.27. The molecule has 0 aromatic heterocycles. The van der Waals surface area contributed by atoms with Crippen molar-refractivity contribution in [1.82, 2.24) is 5.32 Å². The molecule has 2 aromatic rings. The van der Waals surface area contributed by atoms with Crippen molar-refractivity contribution < 1.29 is 19.1 Å². The van der Waals surface area contributed by atoms with Crippen molar-refractivity contribution in [2.75, 3.05) is 5.32 Å². The molecule has 0 heterocycles. The molecular weight excluding hydrogens is 332 g/mol. The lowest BCUT2D eigenvalue weighted by Gasteiger charge is -2.09. The van der Waals surface area contributed by atoms with Crippen molar-refractivity contribution in [2.24, 2.45) is 0 Å². The third kappa shape index (κ3) is 5.59. The normalized spacial score (nSPS) is 9.92. The van der Waals surface area contributed by atoms with Gasteiger partial charge in [-0.15, -0.1) is 0 Å². The van der Waals surface area contributed by atoms with Crippen molar-refractivity contribution in [3.8, 4) is 5.75 Å². The maximum atomic E-state index is 12.3. The highest BCUT2D eigenvalue weighted by Gasteiger charge is 2.08. The van der Waals surface area contributed by atoms with Gasteiger partial charge in [0.15, 0.2) is 0 Å². The van der Waals surface area contributed by atoms with Crippen molar-refractivity contribution in [1.29, 1.82) is 0 Å². The molecule has 134 valence electrons. The van der Waals surface area contributed by atoms with Crippen LogP contribution in [0.3, 0.4) is 0 Å². The van der Waals surface area contributed by atoms with Crippen LogP contribution in [0.25, 0.3) is 0 Å². The minimum atomic E-state index is -0.448. The molecule has 0 spiro atoms. The van der Waals surface area contributed by atoms with Crippen molar-refractivity contribution in [3.05, 3.63) is 71.8 Å². The van der Waals surface area contributed by atoms with E-state index in [1.54, 1.807) is 43.3 Å². The van der Waals surface area contributed by atoms with Crippen LogP contribution in [0.2, 0.25) is 0 Å². The Morgan fingerprint density at radius 3 is 2.46 bits per heavy atom. The number of anilines is 1. The molecule has 2 rings (SSSR count). The standard InChI is InChI=1S/C20H20N2O4/c1-13(2)19(24)22-17-8-4-6-15(10-17)12-21-20(25)16-7-5-9-18(11-16)26-14(3)23/h4-11H,1,12H2,2-3H3,(H,21,25)(H,22,24). The SMILES string of the molecule is C=C(C)C(=O)Nc1cccc(CNC(=O)c2cccc(OC(C)=O)c2)c1. The van der Waals surface area contributed by atoms with Crippen LogP contribution in [0.4, 0.5) is 5.69 Å². The van der Waals surface area contributed by atoms with E-state index < -0.39 is 5.97 Å². The van der Waals surface area contributed by atoms with Crippen LogP contribution in [-0.4, -0.2) is 17.8 Å². The quantitative estimate of drug-likeness (QED) is 0.475. The van der Waals surface area contributed by atoms with Crippen molar-refractivity contribution in [2.45, 2.75) is 20.4 Å². The lowest BCUT2D eigenvalue weighted by atomic mass is 10.1. The molecule has 0 aliphatic heterocycles. The van der Waals surface area contributed by atoms with Crippen molar-refractivity contribution in [3.63, 3.8) is 0 Å². The van der Waals surface area contributed by atoms with E-state index in [4.69, 9.17) is 4.74 Å². The first-order chi connectivity index (χ1) is 12.3. The van der Waals surface area contributed by atoms with Gasteiger partial charge in [0.25, 0.3) is 11.8 Å². The van der Waals surface area contributed by atoms with Crippen LogP contribution in [0.1, 0.15) is 29.8 Å². The molecule has 0 aliphatic rings. The van der Waals surface area contributed by atoms with Crippen LogP contribution in [0.5, 0.6) is 5.75 Å². The van der Waals surface area contributed by atoms with Crippen molar-refractivity contribution >= 4 is 23.5 Å². The molecule has 0 bridgehead atoms. The second-order valence-electron chi connectivity index (χ2n) is 5.74.